The van der Waals surface area contributed by atoms with E-state index in [-0.39, 0.29) is 0 Å². The normalized spacial score (nSPS) is 10.7. The van der Waals surface area contributed by atoms with E-state index in [0.29, 0.717) is 0 Å². The van der Waals surface area contributed by atoms with Gasteiger partial charge in [0.15, 0.2) is 0 Å². The highest BCUT2D eigenvalue weighted by Gasteiger charge is 1.99. The first-order valence-electron chi connectivity index (χ1n) is 5.66. The van der Waals surface area contributed by atoms with Crippen LogP contribution in [0.15, 0.2) is 23.4 Å². The summed E-state index contributed by atoms with van der Waals surface area (Å²) in [5.41, 5.74) is 0. The molecule has 0 amide bonds. The molecule has 0 atom stereocenters. The van der Waals surface area contributed by atoms with Crippen LogP contribution in [0.5, 0.6) is 0 Å². The van der Waals surface area contributed by atoms with E-state index in [1.54, 1.807) is 0 Å². The molecule has 0 radical (unpaired) electrons. The molecule has 0 bridgehead atoms. The number of hydrogen-bond acceptors (Lipinski definition) is 1. The van der Waals surface area contributed by atoms with Crippen LogP contribution in [0.25, 0.3) is 0 Å². The Morgan fingerprint density at radius 2 is 2.00 bits per heavy atom. The summed E-state index contributed by atoms with van der Waals surface area (Å²) in [5.74, 6) is 1.26. The van der Waals surface area contributed by atoms with Gasteiger partial charge in [0.25, 0.3) is 0 Å². The van der Waals surface area contributed by atoms with E-state index < -0.39 is 0 Å². The van der Waals surface area contributed by atoms with Crippen LogP contribution in [0, 0.1) is 0 Å². The minimum Gasteiger partial charge on any atom is -0.343 e. The molecule has 14 heavy (non-hydrogen) atoms. The van der Waals surface area contributed by atoms with Gasteiger partial charge in [-0.05, 0) is 30.7 Å². The van der Waals surface area contributed by atoms with Gasteiger partial charge in [0.1, 0.15) is 0 Å². The van der Waals surface area contributed by atoms with Crippen LogP contribution in [-0.2, 0) is 6.54 Å². The second-order valence-corrected chi connectivity index (χ2v) is 4.71. The summed E-state index contributed by atoms with van der Waals surface area (Å²) >= 11 is 1.99. The smallest absolute Gasteiger partial charge is 0.0747 e. The van der Waals surface area contributed by atoms with Crippen molar-refractivity contribution < 1.29 is 0 Å². The largest absolute Gasteiger partial charge is 0.343 e. The topological polar surface area (TPSA) is 4.93 Å². The quantitative estimate of drug-likeness (QED) is 0.484. The molecule has 1 nitrogen and oxygen atoms in total. The molecule has 0 fully saturated rings. The summed E-state index contributed by atoms with van der Waals surface area (Å²) in [6.07, 6.45) is 7.38. The van der Waals surface area contributed by atoms with Crippen molar-refractivity contribution in [1.82, 2.24) is 4.57 Å². The molecule has 0 saturated heterocycles. The number of aromatic nitrogens is 1. The van der Waals surface area contributed by atoms with Crippen molar-refractivity contribution in [2.75, 3.05) is 5.75 Å². The molecule has 1 aromatic rings. The highest BCUT2D eigenvalue weighted by Crippen LogP contribution is 2.20. The summed E-state index contributed by atoms with van der Waals surface area (Å²) in [4.78, 5) is 0. The Morgan fingerprint density at radius 3 is 2.71 bits per heavy atom. The summed E-state index contributed by atoms with van der Waals surface area (Å²) in [6.45, 7) is 5.67. The van der Waals surface area contributed by atoms with Crippen molar-refractivity contribution in [3.63, 3.8) is 0 Å². The van der Waals surface area contributed by atoms with Gasteiger partial charge < -0.3 is 4.57 Å². The van der Waals surface area contributed by atoms with Gasteiger partial charge in [0, 0.05) is 12.7 Å². The summed E-state index contributed by atoms with van der Waals surface area (Å²) < 4.78 is 2.38. The average molecular weight is 211 g/mol. The third kappa shape index (κ3) is 3.79. The van der Waals surface area contributed by atoms with Gasteiger partial charge in [-0.15, -0.1) is 11.8 Å². The first-order chi connectivity index (χ1) is 6.88. The Labute approximate surface area is 91.9 Å². The molecule has 2 heteroatoms. The number of thioether (sulfide) groups is 1. The lowest BCUT2D eigenvalue weighted by Crippen LogP contribution is -1.97. The molecule has 1 rings (SSSR count). The van der Waals surface area contributed by atoms with E-state index in [4.69, 9.17) is 0 Å². The van der Waals surface area contributed by atoms with Crippen LogP contribution in [0.2, 0.25) is 0 Å². The summed E-state index contributed by atoms with van der Waals surface area (Å²) in [5, 5.41) is 1.44. The predicted octanol–water partition coefficient (Wildman–Crippen LogP) is 4.18. The highest BCUT2D eigenvalue weighted by molar-refractivity contribution is 7.99. The monoisotopic (exact) mass is 211 g/mol. The minimum absolute atomic E-state index is 1.18. The number of nitrogens with zero attached hydrogens (tertiary/aromatic N) is 1. The first kappa shape index (κ1) is 11.7. The van der Waals surface area contributed by atoms with Crippen molar-refractivity contribution in [3.8, 4) is 0 Å². The molecule has 0 aliphatic rings. The minimum atomic E-state index is 1.18. The van der Waals surface area contributed by atoms with Gasteiger partial charge in [-0.3, -0.25) is 0 Å². The van der Waals surface area contributed by atoms with Crippen LogP contribution in [0.3, 0.4) is 0 Å². The van der Waals surface area contributed by atoms with Crippen LogP contribution < -0.4 is 0 Å². The molecule has 0 spiro atoms. The van der Waals surface area contributed by atoms with Crippen LogP contribution >= 0.6 is 11.8 Å². The zero-order chi connectivity index (χ0) is 10.2. The lowest BCUT2D eigenvalue weighted by Gasteiger charge is -2.07. The van der Waals surface area contributed by atoms with E-state index in [0.717, 1.165) is 0 Å². The molecule has 80 valence electrons. The zero-order valence-corrected chi connectivity index (χ0v) is 10.1. The first-order valence-corrected chi connectivity index (χ1v) is 6.65. The van der Waals surface area contributed by atoms with Gasteiger partial charge >= 0.3 is 0 Å². The second kappa shape index (κ2) is 6.99. The van der Waals surface area contributed by atoms with Crippen molar-refractivity contribution in [1.29, 1.82) is 0 Å². The Bertz CT molecular complexity index is 242. The fourth-order valence-corrected chi connectivity index (χ4v) is 2.50. The maximum atomic E-state index is 2.38. The molecule has 0 aliphatic carbocycles. The number of aryl methyl sites for hydroxylation is 1. The Hall–Kier alpha value is -0.370. The fourth-order valence-electron chi connectivity index (χ4n) is 1.36. The molecule has 1 heterocycles. The molecule has 0 N–H and O–H groups in total. The second-order valence-electron chi connectivity index (χ2n) is 3.60. The van der Waals surface area contributed by atoms with Crippen molar-refractivity contribution in [2.24, 2.45) is 0 Å². The predicted molar refractivity (Wildman–Crippen MR) is 65.0 cm³/mol. The van der Waals surface area contributed by atoms with Gasteiger partial charge in [0.05, 0.1) is 5.03 Å². The lowest BCUT2D eigenvalue weighted by atomic mass is 10.3. The summed E-state index contributed by atoms with van der Waals surface area (Å²) in [7, 11) is 0. The SMILES string of the molecule is CCCCSc1cccn1CCCC. The van der Waals surface area contributed by atoms with E-state index in [9.17, 15) is 0 Å². The maximum Gasteiger partial charge on any atom is 0.0747 e. The fraction of sp³-hybridized carbons (Fsp3) is 0.667. The molecular formula is C12H21NS. The van der Waals surface area contributed by atoms with E-state index in [1.807, 2.05) is 11.8 Å². The van der Waals surface area contributed by atoms with Crippen molar-refractivity contribution in [2.45, 2.75) is 51.1 Å². The standard InChI is InChI=1S/C12H21NS/c1-3-5-9-13-10-7-8-12(13)14-11-6-4-2/h7-8,10H,3-6,9,11H2,1-2H3. The average Bonchev–Trinajstić information content (AvgIpc) is 2.63. The van der Waals surface area contributed by atoms with Crippen molar-refractivity contribution in [3.05, 3.63) is 18.3 Å². The van der Waals surface area contributed by atoms with E-state index in [2.05, 4.69) is 36.7 Å². The van der Waals surface area contributed by atoms with Crippen LogP contribution in [-0.4, -0.2) is 10.3 Å². The van der Waals surface area contributed by atoms with Gasteiger partial charge in [0.2, 0.25) is 0 Å². The molecule has 0 aromatic carbocycles. The number of unbranched alkanes of at least 4 members (excludes halogenated alkanes) is 2. The van der Waals surface area contributed by atoms with Gasteiger partial charge in [-0.2, -0.15) is 0 Å². The van der Waals surface area contributed by atoms with E-state index in [1.165, 1.54) is 43.0 Å². The lowest BCUT2D eigenvalue weighted by molar-refractivity contribution is 0.598. The van der Waals surface area contributed by atoms with Crippen LogP contribution in [0.4, 0.5) is 0 Å². The number of hydrogen-bond donors (Lipinski definition) is 0. The van der Waals surface area contributed by atoms with Gasteiger partial charge in [-0.25, -0.2) is 0 Å². The molecule has 1 aromatic heterocycles. The Morgan fingerprint density at radius 1 is 1.21 bits per heavy atom. The Balaban J connectivity index is 2.37. The molecular weight excluding hydrogens is 190 g/mol. The maximum absolute atomic E-state index is 2.38. The molecule has 0 unspecified atom stereocenters. The summed E-state index contributed by atoms with van der Waals surface area (Å²) in [6, 6.07) is 4.39. The zero-order valence-electron chi connectivity index (χ0n) is 9.33. The number of rotatable bonds is 7. The van der Waals surface area contributed by atoms with Crippen LogP contribution in [0.1, 0.15) is 39.5 Å². The van der Waals surface area contributed by atoms with E-state index >= 15 is 0 Å². The van der Waals surface area contributed by atoms with Gasteiger partial charge in [-0.1, -0.05) is 26.7 Å². The molecule has 0 saturated carbocycles. The third-order valence-corrected chi connectivity index (χ3v) is 3.45. The highest BCUT2D eigenvalue weighted by atomic mass is 32.2. The Kier molecular flexibility index (Phi) is 5.85. The third-order valence-electron chi connectivity index (χ3n) is 2.29. The van der Waals surface area contributed by atoms with Crippen molar-refractivity contribution >= 4 is 11.8 Å². The molecule has 0 aliphatic heterocycles.